The van der Waals surface area contributed by atoms with E-state index in [-0.39, 0.29) is 21.7 Å². The third kappa shape index (κ3) is 4.06. The first-order valence-electron chi connectivity index (χ1n) is 15.5. The van der Waals surface area contributed by atoms with Crippen LogP contribution in [0.5, 0.6) is 0 Å². The lowest BCUT2D eigenvalue weighted by atomic mass is 9.64. The van der Waals surface area contributed by atoms with Crippen LogP contribution in [-0.4, -0.2) is 26.8 Å². The minimum Gasteiger partial charge on any atom is -0.385 e. The summed E-state index contributed by atoms with van der Waals surface area (Å²) in [6.45, 7) is 25.4. The molecule has 210 valence electrons. The van der Waals surface area contributed by atoms with Gasteiger partial charge < -0.3 is 9.64 Å². The van der Waals surface area contributed by atoms with Crippen LogP contribution < -0.4 is 15.3 Å². The average molecular weight is 526 g/mol. The Morgan fingerprint density at radius 2 is 1.54 bits per heavy atom. The molecule has 0 unspecified atom stereocenters. The van der Waals surface area contributed by atoms with Crippen molar-refractivity contribution in [2.45, 2.75) is 122 Å². The molecule has 39 heavy (non-hydrogen) atoms. The summed E-state index contributed by atoms with van der Waals surface area (Å²) in [5.74, 6) is 0. The molecule has 0 saturated heterocycles. The molecule has 0 bridgehead atoms. The van der Waals surface area contributed by atoms with E-state index < -0.39 is 0 Å². The molecule has 4 aliphatic rings. The van der Waals surface area contributed by atoms with E-state index in [0.29, 0.717) is 0 Å². The maximum Gasteiger partial charge on any atom is 0.0470 e. The van der Waals surface area contributed by atoms with Gasteiger partial charge in [0, 0.05) is 32.5 Å². The van der Waals surface area contributed by atoms with Gasteiger partial charge in [-0.1, -0.05) is 67.0 Å². The molecule has 6 rings (SSSR count). The van der Waals surface area contributed by atoms with Crippen LogP contribution in [0.1, 0.15) is 133 Å². The lowest BCUT2D eigenvalue weighted by molar-refractivity contribution is 0.174. The van der Waals surface area contributed by atoms with Gasteiger partial charge in [-0.25, -0.2) is 0 Å². The number of hydrogen-bond acceptors (Lipinski definition) is 2. The number of benzene rings is 2. The van der Waals surface area contributed by atoms with Crippen molar-refractivity contribution in [3.05, 3.63) is 61.5 Å². The zero-order chi connectivity index (χ0) is 28.1. The van der Waals surface area contributed by atoms with Crippen molar-refractivity contribution < 1.29 is 4.74 Å². The smallest absolute Gasteiger partial charge is 0.0470 e. The molecule has 2 aromatic rings. The summed E-state index contributed by atoms with van der Waals surface area (Å²) in [4.78, 5) is 2.73. The first-order valence-corrected chi connectivity index (χ1v) is 15.5. The van der Waals surface area contributed by atoms with E-state index >= 15 is 0 Å². The Balaban J connectivity index is 1.72. The molecule has 0 aromatic heterocycles. The van der Waals surface area contributed by atoms with Gasteiger partial charge in [-0.2, -0.15) is 0 Å². The van der Waals surface area contributed by atoms with Gasteiger partial charge in [0.05, 0.1) is 0 Å². The summed E-state index contributed by atoms with van der Waals surface area (Å²) in [6.07, 6.45) is 9.58. The van der Waals surface area contributed by atoms with Crippen LogP contribution in [-0.2, 0) is 32.8 Å². The van der Waals surface area contributed by atoms with Gasteiger partial charge in [-0.15, -0.1) is 0 Å². The molecule has 0 spiro atoms. The summed E-state index contributed by atoms with van der Waals surface area (Å²) in [5.41, 5.74) is 14.9. The monoisotopic (exact) mass is 525 g/mol. The van der Waals surface area contributed by atoms with E-state index in [2.05, 4.69) is 85.4 Å². The molecule has 2 nitrogen and oxygen atoms in total. The van der Waals surface area contributed by atoms with Crippen molar-refractivity contribution in [2.24, 2.45) is 0 Å². The predicted octanol–water partition coefficient (Wildman–Crippen LogP) is 7.14. The summed E-state index contributed by atoms with van der Waals surface area (Å²) >= 11 is 0. The topological polar surface area (TPSA) is 12.5 Å². The van der Waals surface area contributed by atoms with Gasteiger partial charge in [0.2, 0.25) is 0 Å². The predicted molar refractivity (Wildman–Crippen MR) is 167 cm³/mol. The molecule has 0 fully saturated rings. The fourth-order valence-electron chi connectivity index (χ4n) is 8.42. The number of fused-ring (bicyclic) bond motifs is 4. The molecule has 0 saturated carbocycles. The summed E-state index contributed by atoms with van der Waals surface area (Å²) < 4.78 is 5.66. The van der Waals surface area contributed by atoms with E-state index in [4.69, 9.17) is 4.74 Å². The van der Waals surface area contributed by atoms with Gasteiger partial charge in [0.15, 0.2) is 0 Å². The maximum absolute atomic E-state index is 5.66. The number of hydrogen-bond donors (Lipinski definition) is 0. The number of rotatable bonds is 4. The van der Waals surface area contributed by atoms with Crippen LogP contribution in [0.4, 0.5) is 5.69 Å². The molecule has 2 heteroatoms. The fourth-order valence-corrected chi connectivity index (χ4v) is 8.42. The second kappa shape index (κ2) is 8.72. The van der Waals surface area contributed by atoms with Crippen LogP contribution >= 0.6 is 0 Å². The highest BCUT2D eigenvalue weighted by molar-refractivity contribution is 5.77. The van der Waals surface area contributed by atoms with Crippen LogP contribution in [0.3, 0.4) is 0 Å². The molecular formula is C37H51NO. The van der Waals surface area contributed by atoms with Crippen molar-refractivity contribution in [1.29, 1.82) is 0 Å². The zero-order valence-corrected chi connectivity index (χ0v) is 26.5. The summed E-state index contributed by atoms with van der Waals surface area (Å²) in [5, 5.41) is 3.05. The Bertz CT molecular complexity index is 1480. The van der Waals surface area contributed by atoms with Crippen LogP contribution in [0.2, 0.25) is 0 Å². The molecule has 0 N–H and O–H groups in total. The Morgan fingerprint density at radius 3 is 2.23 bits per heavy atom. The molecule has 2 heterocycles. The number of methoxy groups -OCH3 is 1. The number of nitrogens with zero attached hydrogens (tertiary/aromatic N) is 1. The molecule has 0 radical (unpaired) electrons. The largest absolute Gasteiger partial charge is 0.385 e. The number of anilines is 1. The lowest BCUT2D eigenvalue weighted by Crippen LogP contribution is -2.46. The van der Waals surface area contributed by atoms with Crippen molar-refractivity contribution >= 4 is 17.3 Å². The molecule has 2 aliphatic carbocycles. The highest BCUT2D eigenvalue weighted by atomic mass is 16.5. The molecular weight excluding hydrogens is 474 g/mol. The molecule has 2 aliphatic heterocycles. The van der Waals surface area contributed by atoms with Crippen LogP contribution in [0.25, 0.3) is 11.6 Å². The highest BCUT2D eigenvalue weighted by Crippen LogP contribution is 2.52. The van der Waals surface area contributed by atoms with Crippen molar-refractivity contribution in [1.82, 2.24) is 0 Å². The van der Waals surface area contributed by atoms with Gasteiger partial charge in [-0.05, 0) is 129 Å². The van der Waals surface area contributed by atoms with E-state index in [1.54, 1.807) is 49.9 Å². The highest BCUT2D eigenvalue weighted by Gasteiger charge is 2.43. The quantitative estimate of drug-likeness (QED) is 0.359. The minimum atomic E-state index is 0.0421. The second-order valence-corrected chi connectivity index (χ2v) is 15.8. The van der Waals surface area contributed by atoms with Crippen LogP contribution in [0.15, 0.2) is 12.1 Å². The maximum atomic E-state index is 5.66. The van der Waals surface area contributed by atoms with E-state index in [9.17, 15) is 0 Å². The second-order valence-electron chi connectivity index (χ2n) is 15.8. The third-order valence-corrected chi connectivity index (χ3v) is 11.2. The first-order chi connectivity index (χ1) is 18.2. The normalized spacial score (nSPS) is 21.9. The minimum absolute atomic E-state index is 0.0421. The fraction of sp³-hybridized carbons (Fsp3) is 0.622. The Labute approximate surface area is 237 Å². The Hall–Kier alpha value is -2.06. The van der Waals surface area contributed by atoms with Crippen molar-refractivity contribution in [3.8, 4) is 0 Å². The van der Waals surface area contributed by atoms with Gasteiger partial charge >= 0.3 is 0 Å². The average Bonchev–Trinajstić information content (AvgIpc) is 2.86. The third-order valence-electron chi connectivity index (χ3n) is 11.2. The lowest BCUT2D eigenvalue weighted by Gasteiger charge is -2.49. The van der Waals surface area contributed by atoms with Crippen molar-refractivity contribution in [3.63, 3.8) is 0 Å². The number of ether oxygens (including phenoxy) is 1. The van der Waals surface area contributed by atoms with Gasteiger partial charge in [0.1, 0.15) is 0 Å². The first kappa shape index (κ1) is 27.1. The van der Waals surface area contributed by atoms with Gasteiger partial charge in [-0.3, -0.25) is 0 Å². The SMILES string of the molecule is COCCC(C)(C)c1c2c(cc3c1=C(C)CCC3(C)C)=Cc1cc3c4c(c1C2)C(C)(C)CCN4CCC3(C)C. The van der Waals surface area contributed by atoms with Gasteiger partial charge in [0.25, 0.3) is 0 Å². The molecule has 0 amide bonds. The van der Waals surface area contributed by atoms with E-state index in [0.717, 1.165) is 19.4 Å². The standard InChI is InChI=1S/C37H51NO/c1-23-11-12-34(2,3)28-20-24-19-25-21-29-33-32(36(6,7)14-17-38(33)16-13-35(29,4)5)27(25)22-26(24)31(30(23)28)37(8,9)15-18-39-10/h19-21H,11-18,22H2,1-10H3. The Morgan fingerprint density at radius 1 is 0.872 bits per heavy atom. The van der Waals surface area contributed by atoms with E-state index in [1.807, 2.05) is 7.11 Å². The summed E-state index contributed by atoms with van der Waals surface area (Å²) in [7, 11) is 1.85. The summed E-state index contributed by atoms with van der Waals surface area (Å²) in [6, 6.07) is 5.20. The Kier molecular flexibility index (Phi) is 6.06. The van der Waals surface area contributed by atoms with Crippen LogP contribution in [0, 0.1) is 0 Å². The molecule has 2 aromatic carbocycles. The zero-order valence-electron chi connectivity index (χ0n) is 26.5. The van der Waals surface area contributed by atoms with E-state index in [1.165, 1.54) is 49.6 Å². The molecule has 0 atom stereocenters. The van der Waals surface area contributed by atoms with Crippen molar-refractivity contribution in [2.75, 3.05) is 31.7 Å².